The Labute approximate surface area is 96.2 Å². The summed E-state index contributed by atoms with van der Waals surface area (Å²) in [6, 6.07) is 15.2. The van der Waals surface area contributed by atoms with Gasteiger partial charge in [-0.2, -0.15) is 0 Å². The summed E-state index contributed by atoms with van der Waals surface area (Å²) in [5, 5.41) is 9.66. The number of hydrogen-bond donors (Lipinski definition) is 1. The summed E-state index contributed by atoms with van der Waals surface area (Å²) < 4.78 is 2.59. The summed E-state index contributed by atoms with van der Waals surface area (Å²) in [5.74, 6) is 0.218. The Morgan fingerprint density at radius 3 is 2.33 bits per heavy atom. The second-order valence-corrected chi connectivity index (χ2v) is 3.91. The summed E-state index contributed by atoms with van der Waals surface area (Å²) >= 11 is 2.97. The molecular formula is C12H10NOSe+. The first-order chi connectivity index (χ1) is 7.29. The van der Waals surface area contributed by atoms with Crippen molar-refractivity contribution in [3.8, 4) is 5.88 Å². The number of aromatic nitrogens is 1. The number of pyridine rings is 1. The zero-order chi connectivity index (χ0) is 10.7. The van der Waals surface area contributed by atoms with Crippen LogP contribution in [0.25, 0.3) is 0 Å². The molecule has 74 valence electrons. The maximum atomic E-state index is 9.66. The minimum atomic E-state index is 0.218. The fourth-order valence-electron chi connectivity index (χ4n) is 1.33. The molecule has 0 spiro atoms. The van der Waals surface area contributed by atoms with Crippen molar-refractivity contribution in [3.05, 3.63) is 60.3 Å². The monoisotopic (exact) mass is 264 g/mol. The van der Waals surface area contributed by atoms with Gasteiger partial charge in [0.25, 0.3) is 0 Å². The predicted octanol–water partition coefficient (Wildman–Crippen LogP) is 0.875. The fraction of sp³-hybridized carbons (Fsp3) is 0. The predicted molar refractivity (Wildman–Crippen MR) is 60.0 cm³/mol. The minimum absolute atomic E-state index is 0.218. The van der Waals surface area contributed by atoms with Crippen LogP contribution in [0.3, 0.4) is 0 Å². The molecule has 0 atom stereocenters. The van der Waals surface area contributed by atoms with Crippen LogP contribution in [0.15, 0.2) is 54.7 Å². The van der Waals surface area contributed by atoms with Gasteiger partial charge in [-0.1, -0.05) is 0 Å². The van der Waals surface area contributed by atoms with E-state index < -0.39 is 0 Å². The van der Waals surface area contributed by atoms with Gasteiger partial charge in [0, 0.05) is 0 Å². The Bertz CT molecular complexity index is 482. The molecule has 0 amide bonds. The summed E-state index contributed by atoms with van der Waals surface area (Å²) in [7, 11) is 0. The van der Waals surface area contributed by atoms with Crippen LogP contribution < -0.4 is 4.57 Å². The van der Waals surface area contributed by atoms with Crippen LogP contribution in [0.5, 0.6) is 5.88 Å². The molecule has 0 aliphatic heterocycles. The molecule has 1 N–H and O–H groups in total. The Balaban J connectivity index is 2.42. The number of nitrogens with zero attached hydrogens (tertiary/aromatic N) is 1. The van der Waals surface area contributed by atoms with E-state index in [9.17, 15) is 5.11 Å². The van der Waals surface area contributed by atoms with E-state index in [1.54, 1.807) is 16.7 Å². The van der Waals surface area contributed by atoms with Crippen molar-refractivity contribution >= 4 is 20.1 Å². The summed E-state index contributed by atoms with van der Waals surface area (Å²) in [4.78, 5) is 0. The molecule has 0 aliphatic carbocycles. The molecule has 15 heavy (non-hydrogen) atoms. The van der Waals surface area contributed by atoms with E-state index >= 15 is 0 Å². The molecule has 2 nitrogen and oxygen atoms in total. The molecule has 0 radical (unpaired) electrons. The van der Waals surface area contributed by atoms with Gasteiger partial charge in [-0.3, -0.25) is 0 Å². The van der Waals surface area contributed by atoms with Gasteiger partial charge in [-0.15, -0.1) is 0 Å². The van der Waals surface area contributed by atoms with Crippen molar-refractivity contribution in [1.29, 1.82) is 0 Å². The normalized spacial score (nSPS) is 9.87. The van der Waals surface area contributed by atoms with Gasteiger partial charge in [0.05, 0.1) is 0 Å². The third-order valence-electron chi connectivity index (χ3n) is 2.08. The van der Waals surface area contributed by atoms with E-state index in [0.29, 0.717) is 0 Å². The topological polar surface area (TPSA) is 24.1 Å². The Morgan fingerprint density at radius 2 is 1.67 bits per heavy atom. The zero-order valence-electron chi connectivity index (χ0n) is 8.00. The molecule has 2 rings (SSSR count). The first-order valence-corrected chi connectivity index (χ1v) is 5.44. The zero-order valence-corrected chi connectivity index (χ0v) is 9.71. The summed E-state index contributed by atoms with van der Waals surface area (Å²) in [5.41, 5.74) is 1.05. The van der Waals surface area contributed by atoms with Crippen LogP contribution in [-0.2, 0) is 0 Å². The molecule has 2 aromatic rings. The van der Waals surface area contributed by atoms with Gasteiger partial charge in [0.1, 0.15) is 0 Å². The average molecular weight is 263 g/mol. The SMILES string of the molecule is Oc1cccc[n+]1C(=[Se])c1ccccc1. The quantitative estimate of drug-likeness (QED) is 0.631. The van der Waals surface area contributed by atoms with Gasteiger partial charge in [-0.05, 0) is 0 Å². The Hall–Kier alpha value is -1.44. The molecule has 1 heterocycles. The van der Waals surface area contributed by atoms with Gasteiger partial charge in [-0.25, -0.2) is 0 Å². The van der Waals surface area contributed by atoms with Crippen LogP contribution in [0.4, 0.5) is 0 Å². The molecule has 3 heteroatoms. The van der Waals surface area contributed by atoms with E-state index in [1.165, 1.54) is 0 Å². The van der Waals surface area contributed by atoms with Crippen molar-refractivity contribution in [3.63, 3.8) is 0 Å². The first-order valence-electron chi connectivity index (χ1n) is 4.58. The number of hydrogen-bond acceptors (Lipinski definition) is 1. The molecule has 0 aliphatic rings. The molecule has 0 saturated carbocycles. The number of aromatic hydroxyl groups is 1. The van der Waals surface area contributed by atoms with Gasteiger partial charge in [0.15, 0.2) is 0 Å². The van der Waals surface area contributed by atoms with Crippen LogP contribution in [0, 0.1) is 0 Å². The van der Waals surface area contributed by atoms with E-state index in [4.69, 9.17) is 0 Å². The van der Waals surface area contributed by atoms with Crippen LogP contribution >= 0.6 is 0 Å². The van der Waals surface area contributed by atoms with Gasteiger partial charge < -0.3 is 0 Å². The van der Waals surface area contributed by atoms with Gasteiger partial charge in [0.2, 0.25) is 0 Å². The molecule has 0 unspecified atom stereocenters. The van der Waals surface area contributed by atoms with Crippen LogP contribution in [0.2, 0.25) is 0 Å². The molecule has 1 aromatic heterocycles. The third kappa shape index (κ3) is 2.14. The van der Waals surface area contributed by atoms with E-state index in [2.05, 4.69) is 15.6 Å². The van der Waals surface area contributed by atoms with Crippen LogP contribution in [0.1, 0.15) is 5.56 Å². The molecule has 0 fully saturated rings. The van der Waals surface area contributed by atoms with Crippen molar-refractivity contribution in [2.45, 2.75) is 0 Å². The first kappa shape index (κ1) is 10.1. The fourth-order valence-corrected chi connectivity index (χ4v) is 1.94. The van der Waals surface area contributed by atoms with Crippen molar-refractivity contribution in [2.24, 2.45) is 0 Å². The van der Waals surface area contributed by atoms with E-state index in [-0.39, 0.29) is 5.88 Å². The number of benzene rings is 1. The van der Waals surface area contributed by atoms with E-state index in [0.717, 1.165) is 10.1 Å². The molecule has 0 bridgehead atoms. The Kier molecular flexibility index (Phi) is 2.95. The number of rotatable bonds is 2. The van der Waals surface area contributed by atoms with Crippen molar-refractivity contribution in [1.82, 2.24) is 0 Å². The van der Waals surface area contributed by atoms with E-state index in [1.807, 2.05) is 42.6 Å². The standard InChI is InChI=1S/C12H9NOSe/c14-11-8-4-5-9-13(11)12(15)10-6-2-1-3-7-10/h1-9H/p+1. The van der Waals surface area contributed by atoms with Crippen molar-refractivity contribution in [2.75, 3.05) is 0 Å². The Morgan fingerprint density at radius 1 is 1.00 bits per heavy atom. The van der Waals surface area contributed by atoms with Crippen molar-refractivity contribution < 1.29 is 9.67 Å². The maximum absolute atomic E-state index is 9.66. The average Bonchev–Trinajstić information content (AvgIpc) is 2.30. The third-order valence-corrected chi connectivity index (χ3v) is 2.99. The molecule has 0 saturated heterocycles. The van der Waals surface area contributed by atoms with Crippen LogP contribution in [-0.4, -0.2) is 25.2 Å². The second-order valence-electron chi connectivity index (χ2n) is 3.10. The summed E-state index contributed by atoms with van der Waals surface area (Å²) in [6.07, 6.45) is 1.81. The summed E-state index contributed by atoms with van der Waals surface area (Å²) in [6.45, 7) is 0. The molecule has 1 aromatic carbocycles. The second kappa shape index (κ2) is 4.39. The van der Waals surface area contributed by atoms with Gasteiger partial charge >= 0.3 is 96.0 Å². The molecular weight excluding hydrogens is 253 g/mol.